The lowest BCUT2D eigenvalue weighted by Crippen LogP contribution is -3.22. The molecule has 15 heavy (non-hydrogen) atoms. The Labute approximate surface area is 89.0 Å². The molecule has 2 atom stereocenters. The summed E-state index contributed by atoms with van der Waals surface area (Å²) in [6.07, 6.45) is 0. The molecule has 1 aliphatic rings. The van der Waals surface area contributed by atoms with Crippen molar-refractivity contribution in [1.82, 2.24) is 0 Å². The SMILES string of the molecule is CC(C)(C)[NH+]1COCC(CO)([N+](=O)[O-])C1. The van der Waals surface area contributed by atoms with Gasteiger partial charge in [-0.05, 0) is 20.8 Å². The molecule has 0 amide bonds. The second-order valence-corrected chi connectivity index (χ2v) is 5.16. The average molecular weight is 219 g/mol. The molecule has 2 N–H and O–H groups in total. The molecule has 0 saturated carbocycles. The van der Waals surface area contributed by atoms with Gasteiger partial charge in [0, 0.05) is 4.92 Å². The first-order valence-electron chi connectivity index (χ1n) is 5.00. The third-order valence-corrected chi connectivity index (χ3v) is 2.93. The van der Waals surface area contributed by atoms with Crippen molar-refractivity contribution in [3.63, 3.8) is 0 Å². The zero-order valence-corrected chi connectivity index (χ0v) is 9.45. The average Bonchev–Trinajstić information content (AvgIpc) is 2.16. The molecule has 0 aromatic rings. The van der Waals surface area contributed by atoms with Crippen molar-refractivity contribution in [2.45, 2.75) is 31.8 Å². The maximum absolute atomic E-state index is 10.9. The molecule has 1 aliphatic heterocycles. The molecule has 0 aliphatic carbocycles. The number of hydrogen-bond acceptors (Lipinski definition) is 4. The lowest BCUT2D eigenvalue weighted by molar-refractivity contribution is -0.987. The zero-order valence-electron chi connectivity index (χ0n) is 9.45. The highest BCUT2D eigenvalue weighted by Gasteiger charge is 2.52. The second kappa shape index (κ2) is 4.03. The van der Waals surface area contributed by atoms with Gasteiger partial charge in [-0.25, -0.2) is 0 Å². The first-order valence-corrected chi connectivity index (χ1v) is 5.00. The van der Waals surface area contributed by atoms with E-state index in [9.17, 15) is 10.1 Å². The summed E-state index contributed by atoms with van der Waals surface area (Å²) < 4.78 is 5.24. The van der Waals surface area contributed by atoms with Gasteiger partial charge in [-0.2, -0.15) is 0 Å². The van der Waals surface area contributed by atoms with Crippen LogP contribution in [-0.2, 0) is 4.74 Å². The van der Waals surface area contributed by atoms with E-state index in [1.54, 1.807) is 0 Å². The zero-order chi connectivity index (χ0) is 11.7. The van der Waals surface area contributed by atoms with Gasteiger partial charge in [0.05, 0.1) is 5.54 Å². The monoisotopic (exact) mass is 219 g/mol. The van der Waals surface area contributed by atoms with E-state index in [-0.39, 0.29) is 12.1 Å². The molecule has 2 unspecified atom stereocenters. The summed E-state index contributed by atoms with van der Waals surface area (Å²) >= 11 is 0. The minimum Gasteiger partial charge on any atom is -0.389 e. The van der Waals surface area contributed by atoms with E-state index < -0.39 is 17.1 Å². The van der Waals surface area contributed by atoms with E-state index in [4.69, 9.17) is 9.84 Å². The van der Waals surface area contributed by atoms with Crippen LogP contribution < -0.4 is 4.90 Å². The van der Waals surface area contributed by atoms with Crippen molar-refractivity contribution in [2.24, 2.45) is 0 Å². The Hall–Kier alpha value is -0.720. The third-order valence-electron chi connectivity index (χ3n) is 2.93. The lowest BCUT2D eigenvalue weighted by Gasteiger charge is -2.39. The Morgan fingerprint density at radius 1 is 1.60 bits per heavy atom. The van der Waals surface area contributed by atoms with Crippen LogP contribution in [0.5, 0.6) is 0 Å². The van der Waals surface area contributed by atoms with Crippen molar-refractivity contribution in [3.05, 3.63) is 10.1 Å². The van der Waals surface area contributed by atoms with Crippen LogP contribution >= 0.6 is 0 Å². The van der Waals surface area contributed by atoms with Crippen LogP contribution in [0.1, 0.15) is 20.8 Å². The van der Waals surface area contributed by atoms with Crippen molar-refractivity contribution < 1.29 is 19.7 Å². The molecular formula is C9H19N2O4+. The summed E-state index contributed by atoms with van der Waals surface area (Å²) in [7, 11) is 0. The minimum absolute atomic E-state index is 0.00389. The van der Waals surface area contributed by atoms with Crippen LogP contribution in [0.15, 0.2) is 0 Å². The number of nitrogens with one attached hydrogen (secondary N) is 1. The minimum atomic E-state index is -1.33. The van der Waals surface area contributed by atoms with Gasteiger partial charge in [-0.15, -0.1) is 0 Å². The van der Waals surface area contributed by atoms with Gasteiger partial charge in [0.1, 0.15) is 13.2 Å². The molecule has 1 heterocycles. The number of hydrogen-bond donors (Lipinski definition) is 2. The Morgan fingerprint density at radius 3 is 2.60 bits per heavy atom. The predicted molar refractivity (Wildman–Crippen MR) is 53.2 cm³/mol. The summed E-state index contributed by atoms with van der Waals surface area (Å²) in [5.74, 6) is 0. The van der Waals surface area contributed by atoms with E-state index in [0.29, 0.717) is 13.3 Å². The second-order valence-electron chi connectivity index (χ2n) is 5.16. The third kappa shape index (κ3) is 2.45. The van der Waals surface area contributed by atoms with Crippen molar-refractivity contribution in [3.8, 4) is 0 Å². The van der Waals surface area contributed by atoms with Crippen LogP contribution in [0.4, 0.5) is 0 Å². The smallest absolute Gasteiger partial charge is 0.315 e. The van der Waals surface area contributed by atoms with E-state index in [1.165, 1.54) is 0 Å². The molecule has 1 fully saturated rings. The Balaban J connectivity index is 2.82. The lowest BCUT2D eigenvalue weighted by atomic mass is 9.97. The van der Waals surface area contributed by atoms with E-state index >= 15 is 0 Å². The van der Waals surface area contributed by atoms with Gasteiger partial charge in [0.15, 0.2) is 13.3 Å². The molecule has 0 spiro atoms. The Morgan fingerprint density at radius 2 is 2.20 bits per heavy atom. The maximum Gasteiger partial charge on any atom is 0.315 e. The summed E-state index contributed by atoms with van der Waals surface area (Å²) in [4.78, 5) is 11.5. The molecular weight excluding hydrogens is 200 g/mol. The van der Waals surface area contributed by atoms with Crippen LogP contribution in [0.3, 0.4) is 0 Å². The summed E-state index contributed by atoms with van der Waals surface area (Å²) in [5.41, 5.74) is -1.45. The number of quaternary nitrogens is 1. The highest BCUT2D eigenvalue weighted by molar-refractivity contribution is 4.80. The Kier molecular flexibility index (Phi) is 3.32. The van der Waals surface area contributed by atoms with Crippen LogP contribution in [0.25, 0.3) is 0 Å². The molecule has 88 valence electrons. The number of nitrogens with zero attached hydrogens (tertiary/aromatic N) is 1. The van der Waals surface area contributed by atoms with Gasteiger partial charge < -0.3 is 14.7 Å². The van der Waals surface area contributed by atoms with E-state index in [0.717, 1.165) is 4.90 Å². The fraction of sp³-hybridized carbons (Fsp3) is 1.00. The molecule has 0 radical (unpaired) electrons. The fourth-order valence-corrected chi connectivity index (χ4v) is 1.62. The first kappa shape index (κ1) is 12.4. The number of rotatable bonds is 2. The van der Waals surface area contributed by atoms with E-state index in [1.807, 2.05) is 20.8 Å². The van der Waals surface area contributed by atoms with Crippen molar-refractivity contribution in [1.29, 1.82) is 0 Å². The molecule has 0 bridgehead atoms. The number of aliphatic hydroxyl groups is 1. The van der Waals surface area contributed by atoms with Crippen molar-refractivity contribution >= 4 is 0 Å². The quantitative estimate of drug-likeness (QED) is 0.445. The highest BCUT2D eigenvalue weighted by Crippen LogP contribution is 2.11. The van der Waals surface area contributed by atoms with Gasteiger partial charge in [0.25, 0.3) is 0 Å². The molecule has 0 aromatic heterocycles. The standard InChI is InChI=1S/C9H18N2O4/c1-8(2,3)10-4-9(5-12,11(13)14)6-15-7-10/h12H,4-7H2,1-3H3/p+1. The van der Waals surface area contributed by atoms with Gasteiger partial charge in [-0.1, -0.05) is 0 Å². The number of aliphatic hydroxyl groups excluding tert-OH is 1. The molecule has 0 aromatic carbocycles. The number of nitro groups is 1. The van der Waals surface area contributed by atoms with Crippen LogP contribution in [0, 0.1) is 10.1 Å². The maximum atomic E-state index is 10.9. The van der Waals surface area contributed by atoms with Crippen LogP contribution in [0.2, 0.25) is 0 Å². The predicted octanol–water partition coefficient (Wildman–Crippen LogP) is -1.33. The fourth-order valence-electron chi connectivity index (χ4n) is 1.62. The van der Waals surface area contributed by atoms with E-state index in [2.05, 4.69) is 0 Å². The summed E-state index contributed by atoms with van der Waals surface area (Å²) in [6.45, 7) is 6.28. The van der Waals surface area contributed by atoms with Gasteiger partial charge in [0.2, 0.25) is 0 Å². The molecule has 6 heteroatoms. The summed E-state index contributed by atoms with van der Waals surface area (Å²) in [6, 6.07) is 0. The largest absolute Gasteiger partial charge is 0.389 e. The Bertz CT molecular complexity index is 251. The normalized spacial score (nSPS) is 32.7. The van der Waals surface area contributed by atoms with Crippen LogP contribution in [-0.4, -0.2) is 47.6 Å². The van der Waals surface area contributed by atoms with Gasteiger partial charge in [-0.3, -0.25) is 10.1 Å². The molecule has 1 saturated heterocycles. The first-order chi connectivity index (χ1) is 6.82. The summed E-state index contributed by atoms with van der Waals surface area (Å²) in [5, 5.41) is 20.1. The molecule has 6 nitrogen and oxygen atoms in total. The number of ether oxygens (including phenoxy) is 1. The van der Waals surface area contributed by atoms with Gasteiger partial charge >= 0.3 is 5.54 Å². The van der Waals surface area contributed by atoms with Crippen molar-refractivity contribution in [2.75, 3.05) is 26.5 Å². The molecule has 1 rings (SSSR count). The highest BCUT2D eigenvalue weighted by atomic mass is 16.6. The topological polar surface area (TPSA) is 77.0 Å².